The fourth-order valence-corrected chi connectivity index (χ4v) is 2.84. The Bertz CT molecular complexity index is 723. The third kappa shape index (κ3) is 4.19. The van der Waals surface area contributed by atoms with E-state index in [-0.39, 0.29) is 12.0 Å². The smallest absolute Gasteiger partial charge is 0.279 e. The van der Waals surface area contributed by atoms with Gasteiger partial charge in [0.25, 0.3) is 5.91 Å². The summed E-state index contributed by atoms with van der Waals surface area (Å²) in [6.07, 6.45) is -0.0759. The topological polar surface area (TPSA) is 52.0 Å². The lowest BCUT2D eigenvalue weighted by Gasteiger charge is -2.27. The minimum atomic E-state index is -0.0854. The van der Waals surface area contributed by atoms with E-state index >= 15 is 0 Å². The molecule has 126 valence electrons. The number of quaternary nitrogens is 1. The number of para-hydroxylation sites is 3. The zero-order valence-corrected chi connectivity index (χ0v) is 14.2. The lowest BCUT2D eigenvalue weighted by molar-refractivity contribution is -0.874. The van der Waals surface area contributed by atoms with Crippen molar-refractivity contribution in [2.45, 2.75) is 6.10 Å². The van der Waals surface area contributed by atoms with Crippen molar-refractivity contribution >= 4 is 23.2 Å². The van der Waals surface area contributed by atoms with Gasteiger partial charge in [-0.2, -0.15) is 0 Å². The zero-order chi connectivity index (χ0) is 16.9. The molecule has 0 saturated heterocycles. The number of carbonyl (C=O) groups excluding carboxylic acids is 1. The molecular formula is C18H20ClN2O3+. The molecule has 0 bridgehead atoms. The maximum Gasteiger partial charge on any atom is 0.279 e. The number of benzene rings is 2. The Morgan fingerprint density at radius 3 is 2.71 bits per heavy atom. The molecule has 3 rings (SSSR count). The number of nitrogens with one attached hydrogen (secondary N) is 2. The Kier molecular flexibility index (Phi) is 5.23. The van der Waals surface area contributed by atoms with Crippen LogP contribution in [0.3, 0.4) is 0 Å². The highest BCUT2D eigenvalue weighted by Crippen LogP contribution is 2.30. The molecule has 2 N–H and O–H groups in total. The van der Waals surface area contributed by atoms with Gasteiger partial charge in [0.2, 0.25) is 0 Å². The van der Waals surface area contributed by atoms with Crippen molar-refractivity contribution in [1.82, 2.24) is 0 Å². The highest BCUT2D eigenvalue weighted by Gasteiger charge is 2.24. The highest BCUT2D eigenvalue weighted by atomic mass is 35.5. The zero-order valence-electron chi connectivity index (χ0n) is 13.4. The summed E-state index contributed by atoms with van der Waals surface area (Å²) in [6, 6.07) is 14.8. The average Bonchev–Trinajstić information content (AvgIpc) is 2.56. The molecule has 1 amide bonds. The lowest BCUT2D eigenvalue weighted by atomic mass is 10.2. The summed E-state index contributed by atoms with van der Waals surface area (Å²) < 4.78 is 11.6. The van der Waals surface area contributed by atoms with Gasteiger partial charge in [-0.1, -0.05) is 35.9 Å². The number of anilines is 1. The molecule has 2 aromatic carbocycles. The molecule has 0 radical (unpaired) electrons. The summed E-state index contributed by atoms with van der Waals surface area (Å²) in [7, 11) is 1.95. The fraction of sp³-hybridized carbons (Fsp3) is 0.278. The first kappa shape index (κ1) is 16.6. The van der Waals surface area contributed by atoms with E-state index in [1.54, 1.807) is 12.1 Å². The Morgan fingerprint density at radius 1 is 1.21 bits per heavy atom. The molecule has 1 aliphatic rings. The maximum atomic E-state index is 12.2. The molecule has 2 aromatic rings. The number of rotatable bonds is 5. The first-order valence-electron chi connectivity index (χ1n) is 7.86. The molecule has 0 aromatic heterocycles. The highest BCUT2D eigenvalue weighted by molar-refractivity contribution is 6.33. The fourth-order valence-electron chi connectivity index (χ4n) is 2.66. The quantitative estimate of drug-likeness (QED) is 0.864. The van der Waals surface area contributed by atoms with Crippen LogP contribution in [0.2, 0.25) is 5.02 Å². The number of hydrogen-bond donors (Lipinski definition) is 2. The largest absolute Gasteiger partial charge is 0.486 e. The van der Waals surface area contributed by atoms with Crippen LogP contribution < -0.4 is 19.7 Å². The number of fused-ring (bicyclic) bond motifs is 1. The average molecular weight is 348 g/mol. The van der Waals surface area contributed by atoms with Crippen LogP contribution in [0.1, 0.15) is 0 Å². The van der Waals surface area contributed by atoms with Crippen molar-refractivity contribution in [3.63, 3.8) is 0 Å². The number of likely N-dealkylation sites (N-methyl/N-ethyl adjacent to an activating group) is 1. The molecular weight excluding hydrogens is 328 g/mol. The molecule has 0 spiro atoms. The van der Waals surface area contributed by atoms with Gasteiger partial charge in [0, 0.05) is 0 Å². The molecule has 5 nitrogen and oxygen atoms in total. The van der Waals surface area contributed by atoms with Crippen LogP contribution in [-0.4, -0.2) is 38.8 Å². The van der Waals surface area contributed by atoms with Crippen LogP contribution in [-0.2, 0) is 4.79 Å². The summed E-state index contributed by atoms with van der Waals surface area (Å²) in [5, 5.41) is 3.36. The second-order valence-electron chi connectivity index (χ2n) is 5.86. The van der Waals surface area contributed by atoms with E-state index in [4.69, 9.17) is 21.1 Å². The number of hydrogen-bond acceptors (Lipinski definition) is 3. The minimum absolute atomic E-state index is 0.0759. The lowest BCUT2D eigenvalue weighted by Crippen LogP contribution is -3.11. The van der Waals surface area contributed by atoms with E-state index in [1.807, 2.05) is 43.4 Å². The first-order chi connectivity index (χ1) is 11.6. The Hall–Kier alpha value is -2.24. The van der Waals surface area contributed by atoms with Crippen LogP contribution in [0.25, 0.3) is 0 Å². The molecule has 0 saturated carbocycles. The van der Waals surface area contributed by atoms with E-state index in [1.165, 1.54) is 0 Å². The number of ether oxygens (including phenoxy) is 2. The van der Waals surface area contributed by atoms with Crippen LogP contribution in [0.15, 0.2) is 48.5 Å². The van der Waals surface area contributed by atoms with Crippen LogP contribution in [0, 0.1) is 0 Å². The normalized spacial score (nSPS) is 17.2. The van der Waals surface area contributed by atoms with Gasteiger partial charge < -0.3 is 19.7 Å². The molecule has 2 atom stereocenters. The predicted molar refractivity (Wildman–Crippen MR) is 93.1 cm³/mol. The maximum absolute atomic E-state index is 12.2. The molecule has 0 fully saturated rings. The second-order valence-corrected chi connectivity index (χ2v) is 6.27. The minimum Gasteiger partial charge on any atom is -0.486 e. The number of carbonyl (C=O) groups is 1. The van der Waals surface area contributed by atoms with Gasteiger partial charge in [0.1, 0.15) is 13.2 Å². The van der Waals surface area contributed by atoms with Gasteiger partial charge in [-0.25, -0.2) is 0 Å². The van der Waals surface area contributed by atoms with E-state index in [0.29, 0.717) is 30.4 Å². The van der Waals surface area contributed by atoms with Crippen LogP contribution in [0.5, 0.6) is 11.5 Å². The van der Waals surface area contributed by atoms with Gasteiger partial charge in [0.15, 0.2) is 24.1 Å². The van der Waals surface area contributed by atoms with Crippen molar-refractivity contribution in [3.05, 3.63) is 53.6 Å². The van der Waals surface area contributed by atoms with Crippen LogP contribution >= 0.6 is 11.6 Å². The summed E-state index contributed by atoms with van der Waals surface area (Å²) in [5.41, 5.74) is 0.628. The predicted octanol–water partition coefficient (Wildman–Crippen LogP) is 1.63. The molecule has 0 aliphatic carbocycles. The van der Waals surface area contributed by atoms with Crippen molar-refractivity contribution < 1.29 is 19.2 Å². The Balaban J connectivity index is 1.50. The number of amides is 1. The third-order valence-corrected chi connectivity index (χ3v) is 4.08. The summed E-state index contributed by atoms with van der Waals surface area (Å²) in [6.45, 7) is 1.48. The van der Waals surface area contributed by atoms with E-state index < -0.39 is 0 Å². The second kappa shape index (κ2) is 7.55. The summed E-state index contributed by atoms with van der Waals surface area (Å²) >= 11 is 6.05. The van der Waals surface area contributed by atoms with Gasteiger partial charge in [-0.3, -0.25) is 4.79 Å². The molecule has 1 aliphatic heterocycles. The third-order valence-electron chi connectivity index (χ3n) is 3.75. The van der Waals surface area contributed by atoms with Crippen LogP contribution in [0.4, 0.5) is 5.69 Å². The Morgan fingerprint density at radius 2 is 1.92 bits per heavy atom. The van der Waals surface area contributed by atoms with Gasteiger partial charge >= 0.3 is 0 Å². The van der Waals surface area contributed by atoms with E-state index in [2.05, 4.69) is 5.32 Å². The molecule has 6 heteroatoms. The first-order valence-corrected chi connectivity index (χ1v) is 8.24. The van der Waals surface area contributed by atoms with E-state index in [0.717, 1.165) is 16.4 Å². The number of halogens is 1. The standard InChI is InChI=1S/C18H19ClN2O3/c1-21(11-18(22)20-15-7-3-2-6-14(15)19)10-13-12-23-16-8-4-5-9-17(16)24-13/h2-9,13H,10-12H2,1H3,(H,20,22)/p+1/t13-/m0/s1. The van der Waals surface area contributed by atoms with Crippen molar-refractivity contribution in [2.75, 3.05) is 32.1 Å². The molecule has 1 heterocycles. The van der Waals surface area contributed by atoms with Gasteiger partial charge in [0.05, 0.1) is 17.8 Å². The molecule has 24 heavy (non-hydrogen) atoms. The van der Waals surface area contributed by atoms with Crippen molar-refractivity contribution in [2.24, 2.45) is 0 Å². The Labute approximate surface area is 146 Å². The van der Waals surface area contributed by atoms with Crippen molar-refractivity contribution in [3.8, 4) is 11.5 Å². The summed E-state index contributed by atoms with van der Waals surface area (Å²) in [5.74, 6) is 1.43. The van der Waals surface area contributed by atoms with Crippen molar-refractivity contribution in [1.29, 1.82) is 0 Å². The summed E-state index contributed by atoms with van der Waals surface area (Å²) in [4.78, 5) is 13.2. The monoisotopic (exact) mass is 347 g/mol. The molecule has 1 unspecified atom stereocenters. The SMILES string of the molecule is C[NH+](CC(=O)Nc1ccccc1Cl)C[C@H]1COc2ccccc2O1. The van der Waals surface area contributed by atoms with Gasteiger partial charge in [-0.15, -0.1) is 0 Å². The van der Waals surface area contributed by atoms with E-state index in [9.17, 15) is 4.79 Å². The van der Waals surface area contributed by atoms with Gasteiger partial charge in [-0.05, 0) is 24.3 Å².